The van der Waals surface area contributed by atoms with Crippen LogP contribution >= 0.6 is 23.2 Å². The molecule has 40 heavy (non-hydrogen) atoms. The Hall–Kier alpha value is -2.13. The Morgan fingerprint density at radius 3 is 2.45 bits per heavy atom. The van der Waals surface area contributed by atoms with Gasteiger partial charge in [0.05, 0.1) is 5.02 Å². The van der Waals surface area contributed by atoms with Crippen molar-refractivity contribution in [3.8, 4) is 0 Å². The molecule has 2 aliphatic heterocycles. The SMILES string of the molecule is CC[C@H]1CN(c2ncc(CN(C(=O)N(C)C)C3CC3)cc2Cl)CCN1C1CCN(Cc2ccc(Cl)cc2F)CC1. The Morgan fingerprint density at radius 2 is 1.82 bits per heavy atom. The van der Waals surface area contributed by atoms with E-state index in [1.807, 2.05) is 17.2 Å². The highest BCUT2D eigenvalue weighted by Gasteiger charge is 2.35. The van der Waals surface area contributed by atoms with E-state index in [-0.39, 0.29) is 11.8 Å². The van der Waals surface area contributed by atoms with Crippen molar-refractivity contribution in [3.63, 3.8) is 0 Å². The number of hydrogen-bond donors (Lipinski definition) is 0. The molecule has 2 saturated heterocycles. The second kappa shape index (κ2) is 12.8. The minimum atomic E-state index is -0.223. The summed E-state index contributed by atoms with van der Waals surface area (Å²) in [6, 6.07) is 8.26. The molecule has 1 atom stereocenters. The van der Waals surface area contributed by atoms with Gasteiger partial charge in [-0.3, -0.25) is 9.80 Å². The number of urea groups is 1. The molecule has 0 unspecified atom stereocenters. The van der Waals surface area contributed by atoms with Crippen molar-refractivity contribution in [1.29, 1.82) is 0 Å². The first-order valence-electron chi connectivity index (χ1n) is 14.5. The zero-order chi connectivity index (χ0) is 28.4. The van der Waals surface area contributed by atoms with Crippen LogP contribution in [-0.2, 0) is 13.1 Å². The zero-order valence-electron chi connectivity index (χ0n) is 23.8. The van der Waals surface area contributed by atoms with Crippen LogP contribution in [0.4, 0.5) is 15.0 Å². The topological polar surface area (TPSA) is 46.2 Å². The number of anilines is 1. The molecule has 1 aliphatic carbocycles. The number of aromatic nitrogens is 1. The van der Waals surface area contributed by atoms with Crippen molar-refractivity contribution in [2.75, 3.05) is 51.7 Å². The first-order chi connectivity index (χ1) is 19.2. The quantitative estimate of drug-likeness (QED) is 0.392. The summed E-state index contributed by atoms with van der Waals surface area (Å²) < 4.78 is 14.3. The summed E-state index contributed by atoms with van der Waals surface area (Å²) in [7, 11) is 3.59. The van der Waals surface area contributed by atoms with Crippen LogP contribution in [0, 0.1) is 5.82 Å². The van der Waals surface area contributed by atoms with Gasteiger partial charge >= 0.3 is 6.03 Å². The summed E-state index contributed by atoms with van der Waals surface area (Å²) in [6.07, 6.45) is 7.23. The summed E-state index contributed by atoms with van der Waals surface area (Å²) in [5.41, 5.74) is 1.68. The van der Waals surface area contributed by atoms with Gasteiger partial charge in [0.15, 0.2) is 0 Å². The predicted molar refractivity (Wildman–Crippen MR) is 160 cm³/mol. The second-order valence-corrected chi connectivity index (χ2v) is 12.5. The number of piperazine rings is 1. The number of hydrogen-bond acceptors (Lipinski definition) is 5. The molecule has 1 aromatic carbocycles. The molecule has 218 valence electrons. The van der Waals surface area contributed by atoms with Crippen LogP contribution in [0.1, 0.15) is 50.2 Å². The summed E-state index contributed by atoms with van der Waals surface area (Å²) in [5.74, 6) is 0.611. The van der Waals surface area contributed by atoms with Gasteiger partial charge < -0.3 is 14.7 Å². The molecule has 2 amide bonds. The average Bonchev–Trinajstić information content (AvgIpc) is 3.78. The van der Waals surface area contributed by atoms with Crippen LogP contribution < -0.4 is 4.90 Å². The minimum Gasteiger partial charge on any atom is -0.353 e. The number of amides is 2. The van der Waals surface area contributed by atoms with Crippen molar-refractivity contribution in [3.05, 3.63) is 57.5 Å². The van der Waals surface area contributed by atoms with E-state index in [9.17, 15) is 9.18 Å². The fourth-order valence-corrected chi connectivity index (χ4v) is 6.66. The largest absolute Gasteiger partial charge is 0.353 e. The lowest BCUT2D eigenvalue weighted by Gasteiger charge is -2.47. The lowest BCUT2D eigenvalue weighted by atomic mass is 9.97. The average molecular weight is 592 g/mol. The molecular weight excluding hydrogens is 550 g/mol. The molecule has 0 spiro atoms. The molecule has 3 fully saturated rings. The van der Waals surface area contributed by atoms with Crippen LogP contribution in [0.15, 0.2) is 30.5 Å². The van der Waals surface area contributed by atoms with E-state index >= 15 is 0 Å². The van der Waals surface area contributed by atoms with Crippen molar-refractivity contribution >= 4 is 35.1 Å². The van der Waals surface area contributed by atoms with E-state index in [2.05, 4.69) is 21.6 Å². The summed E-state index contributed by atoms with van der Waals surface area (Å²) in [6.45, 7) is 8.09. The number of likely N-dealkylation sites (tertiary alicyclic amines) is 1. The molecule has 3 aliphatic rings. The lowest BCUT2D eigenvalue weighted by molar-refractivity contribution is 0.0607. The van der Waals surface area contributed by atoms with Gasteiger partial charge in [-0.2, -0.15) is 0 Å². The summed E-state index contributed by atoms with van der Waals surface area (Å²) >= 11 is 12.7. The fraction of sp³-hybridized carbons (Fsp3) is 0.600. The van der Waals surface area contributed by atoms with E-state index in [1.165, 1.54) is 6.07 Å². The minimum absolute atomic E-state index is 0.0348. The molecule has 5 rings (SSSR count). The maximum atomic E-state index is 14.3. The molecule has 0 radical (unpaired) electrons. The molecular formula is C30H41Cl2FN6O. The second-order valence-electron chi connectivity index (χ2n) is 11.7. The molecule has 10 heteroatoms. The smallest absolute Gasteiger partial charge is 0.320 e. The number of benzene rings is 1. The van der Waals surface area contributed by atoms with E-state index in [1.54, 1.807) is 31.1 Å². The number of piperidine rings is 1. The molecule has 0 bridgehead atoms. The number of rotatable bonds is 8. The molecule has 1 aromatic heterocycles. The third kappa shape index (κ3) is 6.84. The van der Waals surface area contributed by atoms with Gasteiger partial charge in [-0.05, 0) is 69.0 Å². The van der Waals surface area contributed by atoms with Gasteiger partial charge in [0, 0.05) is 81.7 Å². The summed E-state index contributed by atoms with van der Waals surface area (Å²) in [5, 5.41) is 1.09. The van der Waals surface area contributed by atoms with Crippen molar-refractivity contribution in [2.24, 2.45) is 0 Å². The van der Waals surface area contributed by atoms with Crippen molar-refractivity contribution in [1.82, 2.24) is 24.6 Å². The highest BCUT2D eigenvalue weighted by molar-refractivity contribution is 6.33. The van der Waals surface area contributed by atoms with Gasteiger partial charge in [0.2, 0.25) is 0 Å². The van der Waals surface area contributed by atoms with Crippen LogP contribution in [0.2, 0.25) is 10.0 Å². The highest BCUT2D eigenvalue weighted by atomic mass is 35.5. The van der Waals surface area contributed by atoms with E-state index in [4.69, 9.17) is 28.2 Å². The molecule has 2 aromatic rings. The van der Waals surface area contributed by atoms with E-state index in [0.717, 1.165) is 76.2 Å². The van der Waals surface area contributed by atoms with Crippen LogP contribution in [-0.4, -0.2) is 95.6 Å². The van der Waals surface area contributed by atoms with Gasteiger partial charge in [-0.25, -0.2) is 14.2 Å². The fourth-order valence-electron chi connectivity index (χ4n) is 6.19. The Morgan fingerprint density at radius 1 is 1.07 bits per heavy atom. The van der Waals surface area contributed by atoms with E-state index in [0.29, 0.717) is 46.8 Å². The Balaban J connectivity index is 1.16. The predicted octanol–water partition coefficient (Wildman–Crippen LogP) is 5.74. The lowest BCUT2D eigenvalue weighted by Crippen LogP contribution is -2.58. The van der Waals surface area contributed by atoms with Gasteiger partial charge in [0.25, 0.3) is 0 Å². The Kier molecular flexibility index (Phi) is 9.40. The summed E-state index contributed by atoms with van der Waals surface area (Å²) in [4.78, 5) is 28.3. The van der Waals surface area contributed by atoms with Gasteiger partial charge in [-0.1, -0.05) is 36.2 Å². The van der Waals surface area contributed by atoms with Crippen LogP contribution in [0.25, 0.3) is 0 Å². The maximum Gasteiger partial charge on any atom is 0.320 e. The van der Waals surface area contributed by atoms with Gasteiger partial charge in [-0.15, -0.1) is 0 Å². The first-order valence-corrected chi connectivity index (χ1v) is 15.3. The molecule has 1 saturated carbocycles. The monoisotopic (exact) mass is 590 g/mol. The van der Waals surface area contributed by atoms with Gasteiger partial charge in [0.1, 0.15) is 11.6 Å². The number of pyridine rings is 1. The normalized spacial score (nSPS) is 21.1. The Labute approximate surface area is 247 Å². The van der Waals surface area contributed by atoms with E-state index < -0.39 is 0 Å². The zero-order valence-corrected chi connectivity index (χ0v) is 25.3. The molecule has 7 nitrogen and oxygen atoms in total. The maximum absolute atomic E-state index is 14.3. The Bertz CT molecular complexity index is 1190. The number of carbonyl (C=O) groups is 1. The third-order valence-corrected chi connectivity index (χ3v) is 9.09. The number of halogens is 3. The molecule has 3 heterocycles. The van der Waals surface area contributed by atoms with Crippen molar-refractivity contribution in [2.45, 2.75) is 70.2 Å². The standard InChI is InChI=1S/C30H41Cl2FN6O/c1-4-24-20-37(29-27(32)15-21(17-34-29)18-39(25-7-8-25)30(40)35(2)3)13-14-38(24)26-9-11-36(12-10-26)19-22-5-6-23(31)16-28(22)33/h5-6,15-17,24-26H,4,7-14,18-20H2,1-3H3/t24-/m0/s1. The van der Waals surface area contributed by atoms with Crippen molar-refractivity contribution < 1.29 is 9.18 Å². The molecule has 0 N–H and O–H groups in total. The van der Waals surface area contributed by atoms with Crippen LogP contribution in [0.5, 0.6) is 0 Å². The highest BCUT2D eigenvalue weighted by Crippen LogP contribution is 2.32. The number of nitrogens with zero attached hydrogens (tertiary/aromatic N) is 6. The number of carbonyl (C=O) groups excluding carboxylic acids is 1. The van der Waals surface area contributed by atoms with Crippen LogP contribution in [0.3, 0.4) is 0 Å². The first kappa shape index (κ1) is 29.4. The third-order valence-electron chi connectivity index (χ3n) is 8.58.